The molecule has 1 aromatic rings. The minimum Gasteiger partial charge on any atom is -0.483 e. The van der Waals surface area contributed by atoms with E-state index in [1.807, 2.05) is 0 Å². The van der Waals surface area contributed by atoms with Crippen molar-refractivity contribution in [3.05, 3.63) is 27.7 Å². The Morgan fingerprint density at radius 2 is 2.19 bits per heavy atom. The molecule has 0 radical (unpaired) electrons. The molecule has 2 unspecified atom stereocenters. The number of carboxylic acid groups (broad SMARTS) is 1. The zero-order valence-electron chi connectivity index (χ0n) is 11.1. The van der Waals surface area contributed by atoms with Crippen molar-refractivity contribution in [3.8, 4) is 5.75 Å². The Balaban J connectivity index is 1.79. The first-order valence-corrected chi connectivity index (χ1v) is 7.73. The van der Waals surface area contributed by atoms with Gasteiger partial charge in [-0.05, 0) is 53.4 Å². The summed E-state index contributed by atoms with van der Waals surface area (Å²) in [4.78, 5) is 22.7. The number of nitrogens with one attached hydrogen (secondary N) is 1. The van der Waals surface area contributed by atoms with Gasteiger partial charge >= 0.3 is 5.97 Å². The lowest BCUT2D eigenvalue weighted by Gasteiger charge is -2.13. The van der Waals surface area contributed by atoms with Crippen LogP contribution in [0, 0.1) is 5.92 Å². The smallest absolute Gasteiger partial charge is 0.306 e. The van der Waals surface area contributed by atoms with Gasteiger partial charge < -0.3 is 15.2 Å². The van der Waals surface area contributed by atoms with Gasteiger partial charge in [-0.25, -0.2) is 0 Å². The number of carbonyl (C=O) groups is 2. The van der Waals surface area contributed by atoms with Crippen molar-refractivity contribution in [2.24, 2.45) is 5.92 Å². The van der Waals surface area contributed by atoms with Crippen LogP contribution in [0.2, 0.25) is 5.02 Å². The average molecular weight is 377 g/mol. The highest BCUT2D eigenvalue weighted by Crippen LogP contribution is 2.28. The second kappa shape index (κ2) is 7.13. The number of carboxylic acids is 1. The first kappa shape index (κ1) is 16.1. The summed E-state index contributed by atoms with van der Waals surface area (Å²) in [5.41, 5.74) is 0. The zero-order chi connectivity index (χ0) is 15.4. The third kappa shape index (κ3) is 4.61. The number of amides is 1. The number of carbonyl (C=O) groups excluding carboxylic acids is 1. The second-order valence-electron chi connectivity index (χ2n) is 4.98. The van der Waals surface area contributed by atoms with E-state index in [1.54, 1.807) is 18.2 Å². The minimum atomic E-state index is -0.798. The van der Waals surface area contributed by atoms with E-state index in [0.29, 0.717) is 34.5 Å². The largest absolute Gasteiger partial charge is 0.483 e. The lowest BCUT2D eigenvalue weighted by Crippen LogP contribution is -2.36. The summed E-state index contributed by atoms with van der Waals surface area (Å²) in [7, 11) is 0. The van der Waals surface area contributed by atoms with Gasteiger partial charge in [0.1, 0.15) is 5.75 Å². The van der Waals surface area contributed by atoms with Crippen molar-refractivity contribution >= 4 is 39.4 Å². The summed E-state index contributed by atoms with van der Waals surface area (Å²) < 4.78 is 6.08. The Morgan fingerprint density at radius 3 is 2.81 bits per heavy atom. The highest BCUT2D eigenvalue weighted by molar-refractivity contribution is 9.10. The molecule has 5 nitrogen and oxygen atoms in total. The molecule has 1 aromatic carbocycles. The molecule has 1 amide bonds. The summed E-state index contributed by atoms with van der Waals surface area (Å²) >= 11 is 9.12. The molecule has 1 saturated carbocycles. The molecule has 114 valence electrons. The van der Waals surface area contributed by atoms with Crippen LogP contribution < -0.4 is 10.1 Å². The Labute approximate surface area is 135 Å². The van der Waals surface area contributed by atoms with E-state index in [0.717, 1.165) is 0 Å². The standard InChI is InChI=1S/C14H15BrClNO4/c15-11-6-9(16)2-4-12(11)21-7-13(18)17-10-3-1-8(5-10)14(19)20/h2,4,6,8,10H,1,3,5,7H2,(H,17,18)(H,19,20). The predicted octanol–water partition coefficient (Wildman–Crippen LogP) is 2.85. The van der Waals surface area contributed by atoms with Crippen molar-refractivity contribution in [1.29, 1.82) is 0 Å². The maximum absolute atomic E-state index is 11.8. The first-order valence-electron chi connectivity index (χ1n) is 6.55. The van der Waals surface area contributed by atoms with Gasteiger partial charge in [0.05, 0.1) is 10.4 Å². The third-order valence-corrected chi connectivity index (χ3v) is 4.25. The van der Waals surface area contributed by atoms with Crippen LogP contribution in [-0.4, -0.2) is 29.6 Å². The lowest BCUT2D eigenvalue weighted by atomic mass is 10.1. The molecule has 0 aromatic heterocycles. The molecule has 1 fully saturated rings. The molecule has 1 aliphatic rings. The van der Waals surface area contributed by atoms with Crippen molar-refractivity contribution in [2.45, 2.75) is 25.3 Å². The normalized spacial score (nSPS) is 21.0. The topological polar surface area (TPSA) is 75.6 Å². The molecular weight excluding hydrogens is 362 g/mol. The minimum absolute atomic E-state index is 0.0872. The summed E-state index contributed by atoms with van der Waals surface area (Å²) in [6.07, 6.45) is 1.77. The van der Waals surface area contributed by atoms with Crippen LogP contribution in [0.4, 0.5) is 0 Å². The molecular formula is C14H15BrClNO4. The molecule has 0 bridgehead atoms. The van der Waals surface area contributed by atoms with Gasteiger partial charge in [-0.1, -0.05) is 11.6 Å². The van der Waals surface area contributed by atoms with Gasteiger partial charge in [-0.15, -0.1) is 0 Å². The zero-order valence-corrected chi connectivity index (χ0v) is 13.5. The predicted molar refractivity (Wildman–Crippen MR) is 81.6 cm³/mol. The average Bonchev–Trinajstić information content (AvgIpc) is 2.86. The van der Waals surface area contributed by atoms with E-state index < -0.39 is 5.97 Å². The van der Waals surface area contributed by atoms with E-state index in [1.165, 1.54) is 0 Å². The summed E-state index contributed by atoms with van der Waals surface area (Å²) in [5, 5.41) is 12.3. The van der Waals surface area contributed by atoms with Crippen molar-refractivity contribution < 1.29 is 19.4 Å². The van der Waals surface area contributed by atoms with Gasteiger partial charge in [-0.3, -0.25) is 9.59 Å². The fourth-order valence-corrected chi connectivity index (χ4v) is 3.14. The maximum atomic E-state index is 11.8. The molecule has 0 aliphatic heterocycles. The quantitative estimate of drug-likeness (QED) is 0.828. The number of aliphatic carboxylic acids is 1. The molecule has 7 heteroatoms. The monoisotopic (exact) mass is 375 g/mol. The van der Waals surface area contributed by atoms with E-state index in [4.69, 9.17) is 21.4 Å². The Hall–Kier alpha value is -1.27. The maximum Gasteiger partial charge on any atom is 0.306 e. The van der Waals surface area contributed by atoms with Gasteiger partial charge in [-0.2, -0.15) is 0 Å². The molecule has 2 atom stereocenters. The van der Waals surface area contributed by atoms with Crippen molar-refractivity contribution in [2.75, 3.05) is 6.61 Å². The van der Waals surface area contributed by atoms with Crippen molar-refractivity contribution in [3.63, 3.8) is 0 Å². The van der Waals surface area contributed by atoms with E-state index in [9.17, 15) is 9.59 Å². The van der Waals surface area contributed by atoms with Crippen LogP contribution in [-0.2, 0) is 9.59 Å². The highest BCUT2D eigenvalue weighted by atomic mass is 79.9. The van der Waals surface area contributed by atoms with Crippen LogP contribution in [0.15, 0.2) is 22.7 Å². The highest BCUT2D eigenvalue weighted by Gasteiger charge is 2.30. The molecule has 2 rings (SSSR count). The Kier molecular flexibility index (Phi) is 5.47. The van der Waals surface area contributed by atoms with Crippen LogP contribution in [0.1, 0.15) is 19.3 Å². The summed E-state index contributed by atoms with van der Waals surface area (Å²) in [6, 6.07) is 4.95. The van der Waals surface area contributed by atoms with Crippen LogP contribution >= 0.6 is 27.5 Å². The van der Waals surface area contributed by atoms with Crippen LogP contribution in [0.25, 0.3) is 0 Å². The number of benzene rings is 1. The second-order valence-corrected chi connectivity index (χ2v) is 6.27. The van der Waals surface area contributed by atoms with E-state index in [-0.39, 0.29) is 24.5 Å². The number of ether oxygens (including phenoxy) is 1. The number of rotatable bonds is 5. The number of hydrogen-bond donors (Lipinski definition) is 2. The number of hydrogen-bond acceptors (Lipinski definition) is 3. The number of halogens is 2. The molecule has 0 heterocycles. The summed E-state index contributed by atoms with van der Waals surface area (Å²) in [6.45, 7) is -0.117. The van der Waals surface area contributed by atoms with Gasteiger partial charge in [0.2, 0.25) is 0 Å². The van der Waals surface area contributed by atoms with Crippen LogP contribution in [0.5, 0.6) is 5.75 Å². The molecule has 2 N–H and O–H groups in total. The van der Waals surface area contributed by atoms with Gasteiger partial charge in [0, 0.05) is 11.1 Å². The fourth-order valence-electron chi connectivity index (χ4n) is 2.34. The van der Waals surface area contributed by atoms with Crippen LogP contribution in [0.3, 0.4) is 0 Å². The summed E-state index contributed by atoms with van der Waals surface area (Å²) in [5.74, 6) is -0.882. The van der Waals surface area contributed by atoms with E-state index in [2.05, 4.69) is 21.2 Å². The Bertz CT molecular complexity index is 552. The van der Waals surface area contributed by atoms with E-state index >= 15 is 0 Å². The SMILES string of the molecule is O=C(COc1ccc(Cl)cc1Br)NC1CCC(C(=O)O)C1. The Morgan fingerprint density at radius 1 is 1.43 bits per heavy atom. The lowest BCUT2D eigenvalue weighted by molar-refractivity contribution is -0.141. The molecule has 0 saturated heterocycles. The van der Waals surface area contributed by atoms with Gasteiger partial charge in [0.15, 0.2) is 6.61 Å². The fraction of sp³-hybridized carbons (Fsp3) is 0.429. The molecule has 0 spiro atoms. The molecule has 1 aliphatic carbocycles. The van der Waals surface area contributed by atoms with Gasteiger partial charge in [0.25, 0.3) is 5.91 Å². The molecule has 21 heavy (non-hydrogen) atoms. The van der Waals surface area contributed by atoms with Crippen molar-refractivity contribution in [1.82, 2.24) is 5.32 Å². The first-order chi connectivity index (χ1) is 9.95. The third-order valence-electron chi connectivity index (χ3n) is 3.40.